The van der Waals surface area contributed by atoms with E-state index in [9.17, 15) is 4.79 Å². The molecular weight excluding hydrogens is 330 g/mol. The van der Waals surface area contributed by atoms with Crippen LogP contribution in [0.1, 0.15) is 16.1 Å². The van der Waals surface area contributed by atoms with Crippen molar-refractivity contribution in [2.24, 2.45) is 5.73 Å². The number of amides is 1. The molecule has 6 heteroatoms. The lowest BCUT2D eigenvalue weighted by molar-refractivity contribution is 0.100. The molecule has 3 N–H and O–H groups in total. The van der Waals surface area contributed by atoms with Crippen molar-refractivity contribution in [2.45, 2.75) is 6.54 Å². The highest BCUT2D eigenvalue weighted by Crippen LogP contribution is 2.20. The first-order chi connectivity index (χ1) is 9.06. The molecule has 0 aliphatic heterocycles. The number of nitrogens with one attached hydrogen (secondary N) is 1. The van der Waals surface area contributed by atoms with Gasteiger partial charge in [-0.1, -0.05) is 17.7 Å². The van der Waals surface area contributed by atoms with Crippen LogP contribution in [0.2, 0.25) is 5.02 Å². The lowest BCUT2D eigenvalue weighted by Crippen LogP contribution is -2.12. The summed E-state index contributed by atoms with van der Waals surface area (Å²) in [6.45, 7) is 0.541. The molecule has 0 aliphatic carbocycles. The third-order valence-electron chi connectivity index (χ3n) is 2.48. The topological polar surface area (TPSA) is 68.0 Å². The number of hydrogen-bond donors (Lipinski definition) is 2. The molecule has 0 unspecified atom stereocenters. The minimum absolute atomic E-state index is 0.300. The molecule has 4 nitrogen and oxygen atoms in total. The van der Waals surface area contributed by atoms with Crippen molar-refractivity contribution in [3.63, 3.8) is 0 Å². The summed E-state index contributed by atoms with van der Waals surface area (Å²) in [6.07, 6.45) is 0. The van der Waals surface area contributed by atoms with Crippen LogP contribution < -0.4 is 11.1 Å². The van der Waals surface area contributed by atoms with Gasteiger partial charge in [0.15, 0.2) is 0 Å². The van der Waals surface area contributed by atoms with E-state index < -0.39 is 5.91 Å². The van der Waals surface area contributed by atoms with Crippen LogP contribution in [-0.4, -0.2) is 10.9 Å². The van der Waals surface area contributed by atoms with Gasteiger partial charge >= 0.3 is 0 Å². The number of pyridine rings is 1. The van der Waals surface area contributed by atoms with Gasteiger partial charge in [0.1, 0.15) is 4.60 Å². The number of carbonyl (C=O) groups excluding carboxylic acids is 1. The zero-order valence-electron chi connectivity index (χ0n) is 9.86. The van der Waals surface area contributed by atoms with Crippen LogP contribution in [-0.2, 0) is 6.54 Å². The van der Waals surface area contributed by atoms with E-state index in [0.29, 0.717) is 17.1 Å². The fraction of sp³-hybridized carbons (Fsp3) is 0.0769. The van der Waals surface area contributed by atoms with Gasteiger partial charge in [0, 0.05) is 5.69 Å². The number of benzene rings is 1. The second kappa shape index (κ2) is 6.04. The van der Waals surface area contributed by atoms with Gasteiger partial charge in [-0.15, -0.1) is 0 Å². The molecule has 1 amide bonds. The van der Waals surface area contributed by atoms with E-state index in [4.69, 9.17) is 17.3 Å². The van der Waals surface area contributed by atoms with Crippen LogP contribution in [0.3, 0.4) is 0 Å². The van der Waals surface area contributed by atoms with E-state index in [1.807, 2.05) is 18.2 Å². The zero-order chi connectivity index (χ0) is 13.8. The zero-order valence-corrected chi connectivity index (χ0v) is 12.2. The second-order valence-electron chi connectivity index (χ2n) is 3.86. The summed E-state index contributed by atoms with van der Waals surface area (Å²) < 4.78 is 0.778. The molecule has 0 saturated carbocycles. The minimum Gasteiger partial charge on any atom is -0.379 e. The Morgan fingerprint density at radius 3 is 2.84 bits per heavy atom. The molecule has 0 fully saturated rings. The molecule has 0 radical (unpaired) electrons. The number of nitrogens with zero attached hydrogens (tertiary/aromatic N) is 1. The number of primary amides is 1. The van der Waals surface area contributed by atoms with Crippen molar-refractivity contribution < 1.29 is 4.79 Å². The summed E-state index contributed by atoms with van der Waals surface area (Å²) in [7, 11) is 0. The summed E-state index contributed by atoms with van der Waals surface area (Å²) in [5.74, 6) is -0.547. The smallest absolute Gasteiger partial charge is 0.250 e. The maximum Gasteiger partial charge on any atom is 0.250 e. The van der Waals surface area contributed by atoms with E-state index >= 15 is 0 Å². The van der Waals surface area contributed by atoms with E-state index in [2.05, 4.69) is 26.2 Å². The molecule has 2 rings (SSSR count). The molecule has 19 heavy (non-hydrogen) atoms. The quantitative estimate of drug-likeness (QED) is 0.840. The third-order valence-corrected chi connectivity index (χ3v) is 3.25. The number of aromatic nitrogens is 1. The Balaban J connectivity index is 2.12. The van der Waals surface area contributed by atoms with Crippen LogP contribution in [0.5, 0.6) is 0 Å². The van der Waals surface area contributed by atoms with E-state index in [1.165, 1.54) is 0 Å². The Morgan fingerprint density at radius 1 is 1.37 bits per heavy atom. The van der Waals surface area contributed by atoms with Gasteiger partial charge in [-0.2, -0.15) is 0 Å². The summed E-state index contributed by atoms with van der Waals surface area (Å²) in [6, 6.07) is 10.7. The van der Waals surface area contributed by atoms with Crippen molar-refractivity contribution in [3.05, 3.63) is 57.3 Å². The standard InChI is InChI=1S/C13H11BrClN3O/c14-12-3-1-2-9(18-12)7-17-8-4-5-11(15)10(6-8)13(16)19/h1-6,17H,7H2,(H2,16,19). The lowest BCUT2D eigenvalue weighted by Gasteiger charge is -2.08. The summed E-state index contributed by atoms with van der Waals surface area (Å²) in [5, 5.41) is 3.51. The van der Waals surface area contributed by atoms with Gasteiger partial charge in [0.25, 0.3) is 0 Å². The molecule has 2 aromatic rings. The largest absolute Gasteiger partial charge is 0.379 e. The van der Waals surface area contributed by atoms with Crippen LogP contribution in [0.15, 0.2) is 41.0 Å². The lowest BCUT2D eigenvalue weighted by atomic mass is 10.2. The number of hydrogen-bond acceptors (Lipinski definition) is 3. The molecule has 1 aromatic heterocycles. The SMILES string of the molecule is NC(=O)c1cc(NCc2cccc(Br)n2)ccc1Cl. The Bertz CT molecular complexity index is 619. The predicted octanol–water partition coefficient (Wildman–Crippen LogP) is 3.21. The minimum atomic E-state index is -0.547. The molecule has 0 aliphatic rings. The number of anilines is 1. The summed E-state index contributed by atoms with van der Waals surface area (Å²) >= 11 is 9.19. The fourth-order valence-corrected chi connectivity index (χ4v) is 2.16. The molecule has 0 bridgehead atoms. The van der Waals surface area contributed by atoms with Gasteiger partial charge in [-0.3, -0.25) is 4.79 Å². The highest BCUT2D eigenvalue weighted by Gasteiger charge is 2.07. The molecule has 1 aromatic carbocycles. The first-order valence-electron chi connectivity index (χ1n) is 5.51. The third kappa shape index (κ3) is 3.68. The van der Waals surface area contributed by atoms with E-state index in [0.717, 1.165) is 16.0 Å². The Labute approximate surface area is 124 Å². The molecule has 0 atom stereocenters. The van der Waals surface area contributed by atoms with Crippen molar-refractivity contribution in [1.82, 2.24) is 4.98 Å². The average molecular weight is 341 g/mol. The highest BCUT2D eigenvalue weighted by molar-refractivity contribution is 9.10. The van der Waals surface area contributed by atoms with Gasteiger partial charge in [0.05, 0.1) is 22.8 Å². The van der Waals surface area contributed by atoms with Crippen molar-refractivity contribution in [1.29, 1.82) is 0 Å². The molecular formula is C13H11BrClN3O. The van der Waals surface area contributed by atoms with Gasteiger partial charge in [0.2, 0.25) is 5.91 Å². The first kappa shape index (κ1) is 13.8. The number of rotatable bonds is 4. The number of nitrogens with two attached hydrogens (primary N) is 1. The monoisotopic (exact) mass is 339 g/mol. The Morgan fingerprint density at radius 2 is 2.16 bits per heavy atom. The Hall–Kier alpha value is -1.59. The van der Waals surface area contributed by atoms with Gasteiger partial charge in [-0.05, 0) is 46.3 Å². The Kier molecular flexibility index (Phi) is 4.39. The van der Waals surface area contributed by atoms with Crippen LogP contribution >= 0.6 is 27.5 Å². The molecule has 1 heterocycles. The fourth-order valence-electron chi connectivity index (χ4n) is 1.57. The van der Waals surface area contributed by atoms with Crippen LogP contribution in [0.4, 0.5) is 5.69 Å². The van der Waals surface area contributed by atoms with Crippen molar-refractivity contribution >= 4 is 39.1 Å². The second-order valence-corrected chi connectivity index (χ2v) is 5.08. The predicted molar refractivity (Wildman–Crippen MR) is 79.2 cm³/mol. The van der Waals surface area contributed by atoms with Crippen molar-refractivity contribution in [3.8, 4) is 0 Å². The maximum atomic E-state index is 11.2. The first-order valence-corrected chi connectivity index (χ1v) is 6.68. The average Bonchev–Trinajstić information content (AvgIpc) is 2.37. The van der Waals surface area contributed by atoms with Crippen LogP contribution in [0, 0.1) is 0 Å². The normalized spacial score (nSPS) is 10.2. The van der Waals surface area contributed by atoms with Gasteiger partial charge < -0.3 is 11.1 Å². The summed E-state index contributed by atoms with van der Waals surface area (Å²) in [4.78, 5) is 15.5. The molecule has 98 valence electrons. The molecule has 0 saturated heterocycles. The van der Waals surface area contributed by atoms with E-state index in [-0.39, 0.29) is 0 Å². The van der Waals surface area contributed by atoms with Gasteiger partial charge in [-0.25, -0.2) is 4.98 Å². The molecule has 0 spiro atoms. The van der Waals surface area contributed by atoms with E-state index in [1.54, 1.807) is 18.2 Å². The number of carbonyl (C=O) groups is 1. The number of halogens is 2. The maximum absolute atomic E-state index is 11.2. The van der Waals surface area contributed by atoms with Crippen molar-refractivity contribution in [2.75, 3.05) is 5.32 Å². The highest BCUT2D eigenvalue weighted by atomic mass is 79.9. The van der Waals surface area contributed by atoms with Crippen LogP contribution in [0.25, 0.3) is 0 Å². The summed E-state index contributed by atoms with van der Waals surface area (Å²) in [5.41, 5.74) is 7.18.